The average molecular weight is 725 g/mol. The molecule has 0 spiro atoms. The second-order valence-electron chi connectivity index (χ2n) is 12.8. The lowest BCUT2D eigenvalue weighted by molar-refractivity contribution is 0.669. The second-order valence-corrected chi connectivity index (χ2v) is 12.8. The minimum absolute atomic E-state index is 0.365. The molecule has 0 N–H and O–H groups in total. The molecule has 1 heterocycles. The molecule has 0 bridgehead atoms. The Morgan fingerprint density at radius 2 is 0.745 bits per heavy atom. The summed E-state index contributed by atoms with van der Waals surface area (Å²) in [6.45, 7) is 0. The van der Waals surface area contributed by atoms with Crippen LogP contribution in [-0.4, -0.2) is 0 Å². The molecule has 0 saturated carbocycles. The predicted molar refractivity (Wildman–Crippen MR) is 235 cm³/mol. The lowest BCUT2D eigenvalue weighted by Gasteiger charge is -2.18. The zero-order chi connectivity index (χ0) is 61.9. The van der Waals surface area contributed by atoms with Gasteiger partial charge in [0.1, 0.15) is 11.2 Å². The lowest BCUT2D eigenvalue weighted by Crippen LogP contribution is -1.91. The van der Waals surface area contributed by atoms with Crippen molar-refractivity contribution in [1.29, 1.82) is 0 Å². The first-order valence-corrected chi connectivity index (χ1v) is 16.7. The van der Waals surface area contributed by atoms with Crippen LogP contribution < -0.4 is 0 Å². The summed E-state index contributed by atoms with van der Waals surface area (Å²) >= 11 is 0. The molecule has 0 amide bonds. The van der Waals surface area contributed by atoms with E-state index >= 15 is 0 Å². The van der Waals surface area contributed by atoms with Gasteiger partial charge in [0.2, 0.25) is 0 Å². The first kappa shape index (κ1) is 13.0. The quantitative estimate of drug-likeness (QED) is 0.165. The molecular weight excluding hydrogens is 665 g/mol. The van der Waals surface area contributed by atoms with Crippen LogP contribution in [0.5, 0.6) is 0 Å². The Bertz CT molecular complexity index is 5190. The van der Waals surface area contributed by atoms with Crippen molar-refractivity contribution in [3.63, 3.8) is 0 Å². The summed E-state index contributed by atoms with van der Waals surface area (Å²) in [6, 6.07) is -26.4. The van der Waals surface area contributed by atoms with Crippen molar-refractivity contribution in [1.82, 2.24) is 0 Å². The van der Waals surface area contributed by atoms with Gasteiger partial charge in [0.05, 0.1) is 41.1 Å². The van der Waals surface area contributed by atoms with E-state index in [1.54, 1.807) is 0 Å². The van der Waals surface area contributed by atoms with E-state index in [1.165, 1.54) is 0 Å². The third kappa shape index (κ3) is 4.07. The van der Waals surface area contributed by atoms with Gasteiger partial charge in [-0.15, -0.1) is 0 Å². The Morgan fingerprint density at radius 1 is 0.273 bits per heavy atom. The summed E-state index contributed by atoms with van der Waals surface area (Å²) in [5.74, 6) is 0. The van der Waals surface area contributed by atoms with Crippen LogP contribution in [0, 0.1) is 0 Å². The van der Waals surface area contributed by atoms with Crippen molar-refractivity contribution >= 4 is 97.3 Å². The number of benzene rings is 12. The summed E-state index contributed by atoms with van der Waals surface area (Å²) in [4.78, 5) is 0. The minimum atomic E-state index is -1.14. The summed E-state index contributed by atoms with van der Waals surface area (Å²) in [6.07, 6.45) is 0. The Balaban J connectivity index is 1.33. The van der Waals surface area contributed by atoms with Crippen LogP contribution in [0.15, 0.2) is 186 Å². The normalized spacial score (nSPS) is 20.0. The van der Waals surface area contributed by atoms with Gasteiger partial charge in [0, 0.05) is 10.8 Å². The maximum atomic E-state index is 10.3. The molecule has 13 aromatic rings. The molecule has 0 aliphatic rings. The van der Waals surface area contributed by atoms with Crippen molar-refractivity contribution in [3.8, 4) is 33.4 Å². The van der Waals surface area contributed by atoms with E-state index in [0.717, 1.165) is 0 Å². The zero-order valence-corrected chi connectivity index (χ0v) is 27.4. The van der Waals surface area contributed by atoms with E-state index < -0.39 is 301 Å². The smallest absolute Gasteiger partial charge is 0.136 e. The van der Waals surface area contributed by atoms with Gasteiger partial charge in [-0.25, -0.2) is 0 Å². The Hall–Kier alpha value is -7.22. The number of rotatable bonds is 3. The van der Waals surface area contributed by atoms with E-state index in [1.807, 2.05) is 0 Å². The van der Waals surface area contributed by atoms with E-state index in [-0.39, 0.29) is 10.8 Å². The van der Waals surface area contributed by atoms with Crippen LogP contribution in [0.4, 0.5) is 0 Å². The van der Waals surface area contributed by atoms with Crippen LogP contribution in [-0.2, 0) is 0 Å². The van der Waals surface area contributed by atoms with Gasteiger partial charge in [-0.1, -0.05) is 145 Å². The van der Waals surface area contributed by atoms with E-state index in [0.29, 0.717) is 0 Å². The summed E-state index contributed by atoms with van der Waals surface area (Å²) < 4.78 is 284. The largest absolute Gasteiger partial charge is 0.456 e. The molecular formula is C54H30O. The lowest BCUT2D eigenvalue weighted by atomic mass is 9.86. The SMILES string of the molecule is [2H]c1c(-c2c([2H])c([2H])c3oc4c([2H])c([2H])c5c([2H])c([2H])c([2H])c([2H])c5c4c3c2[2H])c([2H])c(-c2c([2H])c([2H])c3c([2H])c([2H])c4c([2H])c([2H])c([2H])c5c([2H])c([2H])c2c3c45)c([2H])c1-c1c([2H])c([2H])c2c([2H])c([2H])c3c([2H])c([2H])c([2H])c4c([2H])c([2H])c1c2c34. The van der Waals surface area contributed by atoms with Gasteiger partial charge in [-0.3, -0.25) is 0 Å². The highest BCUT2D eigenvalue weighted by molar-refractivity contribution is 6.27. The highest BCUT2D eigenvalue weighted by atomic mass is 16.3. The van der Waals surface area contributed by atoms with Crippen LogP contribution in [0.1, 0.15) is 41.1 Å². The summed E-state index contributed by atoms with van der Waals surface area (Å²) in [7, 11) is 0. The predicted octanol–water partition coefficient (Wildman–Crippen LogP) is 15.5. The molecule has 0 aliphatic carbocycles. The molecule has 0 fully saturated rings. The van der Waals surface area contributed by atoms with Crippen molar-refractivity contribution in [2.24, 2.45) is 0 Å². The minimum Gasteiger partial charge on any atom is -0.456 e. The molecule has 1 aromatic heterocycles. The maximum Gasteiger partial charge on any atom is 0.136 e. The van der Waals surface area contributed by atoms with Crippen LogP contribution in [0.3, 0.4) is 0 Å². The Labute approximate surface area is 358 Å². The molecule has 0 radical (unpaired) electrons. The van der Waals surface area contributed by atoms with Crippen molar-refractivity contribution in [2.45, 2.75) is 0 Å². The molecule has 1 heteroatoms. The van der Waals surface area contributed by atoms with E-state index in [4.69, 9.17) is 26.3 Å². The van der Waals surface area contributed by atoms with Gasteiger partial charge in [-0.2, -0.15) is 0 Å². The molecule has 0 unspecified atom stereocenters. The Morgan fingerprint density at radius 3 is 1.36 bits per heavy atom. The molecule has 55 heavy (non-hydrogen) atoms. The first-order chi connectivity index (χ1) is 39.8. The van der Waals surface area contributed by atoms with Gasteiger partial charge < -0.3 is 4.42 Å². The molecule has 12 aromatic carbocycles. The van der Waals surface area contributed by atoms with Crippen molar-refractivity contribution in [3.05, 3.63) is 181 Å². The van der Waals surface area contributed by atoms with Crippen LogP contribution in [0.25, 0.3) is 131 Å². The summed E-state index contributed by atoms with van der Waals surface area (Å²) in [5.41, 5.74) is -6.64. The van der Waals surface area contributed by atoms with Gasteiger partial charge in [0.25, 0.3) is 0 Å². The van der Waals surface area contributed by atoms with E-state index in [2.05, 4.69) is 0 Å². The molecule has 252 valence electrons. The molecule has 13 rings (SSSR count). The molecule has 1 nitrogen and oxygen atoms in total. The third-order valence-electron chi connectivity index (χ3n) is 9.82. The molecule has 0 saturated heterocycles. The average Bonchev–Trinajstić information content (AvgIpc) is 0.741. The van der Waals surface area contributed by atoms with Gasteiger partial charge in [-0.05, 0) is 145 Å². The number of furan rings is 1. The number of hydrogen-bond acceptors (Lipinski definition) is 1. The fraction of sp³-hybridized carbons (Fsp3) is 0. The zero-order valence-electron chi connectivity index (χ0n) is 57.4. The fourth-order valence-electron chi connectivity index (χ4n) is 7.42. The highest BCUT2D eigenvalue weighted by Gasteiger charge is 2.18. The fourth-order valence-corrected chi connectivity index (χ4v) is 7.42. The van der Waals surface area contributed by atoms with Gasteiger partial charge >= 0.3 is 0 Å². The topological polar surface area (TPSA) is 13.1 Å². The van der Waals surface area contributed by atoms with E-state index in [9.17, 15) is 19.2 Å². The number of fused-ring (bicyclic) bond motifs is 5. The van der Waals surface area contributed by atoms with Crippen LogP contribution in [0.2, 0.25) is 0 Å². The first-order valence-electron chi connectivity index (χ1n) is 31.7. The second kappa shape index (κ2) is 10.7. The van der Waals surface area contributed by atoms with Gasteiger partial charge in [0.15, 0.2) is 0 Å². The monoisotopic (exact) mass is 724 g/mol. The molecule has 0 atom stereocenters. The van der Waals surface area contributed by atoms with Crippen molar-refractivity contribution in [2.75, 3.05) is 0 Å². The van der Waals surface area contributed by atoms with Crippen LogP contribution >= 0.6 is 0 Å². The maximum absolute atomic E-state index is 10.3. The highest BCUT2D eigenvalue weighted by Crippen LogP contribution is 2.45. The summed E-state index contributed by atoms with van der Waals surface area (Å²) in [5, 5.41) is -7.90. The standard InChI is InChI=1S/C54H30O/c1-2-10-44-31(5-1)19-26-49-54(44)47-30-38(20-25-48(47)55-49)39-27-40(42-21-15-36-13-11-32-6-3-8-34-17-23-45(42)52(36)50(32)34)29-41(28-39)43-22-16-37-14-12-33-7-4-9-35-18-24-46(43)53(37)51(33)35/h1-30H/i1D,2D,3D,4D,5D,6D,7D,8D,9D,10D,11D,12D,13D,14D,15D,16D,17D,18D,19D,20D,21D,22D,23D,24D,25D,26D,27D,28D,29D,30D. The molecule has 0 aliphatic heterocycles. The third-order valence-corrected chi connectivity index (χ3v) is 9.82. The number of hydrogen-bond donors (Lipinski definition) is 0. The Kier molecular flexibility index (Phi) is 2.52. The van der Waals surface area contributed by atoms with Crippen molar-refractivity contribution < 1.29 is 45.5 Å².